The van der Waals surface area contributed by atoms with Gasteiger partial charge in [-0.15, -0.1) is 0 Å². The van der Waals surface area contributed by atoms with E-state index in [1.165, 1.54) is 6.92 Å². The highest BCUT2D eigenvalue weighted by Crippen LogP contribution is 2.36. The van der Waals surface area contributed by atoms with Crippen LogP contribution in [0.3, 0.4) is 0 Å². The van der Waals surface area contributed by atoms with Crippen LogP contribution in [0.1, 0.15) is 23.6 Å². The molecule has 1 N–H and O–H groups in total. The standard InChI is InChI=1S/C18H14N2O2/c1-12(21)20-11-13-6-2-3-7-14(13)16(10-19)18(22)15-8-4-5-9-17(15)20/h2-9,22H,11H2,1H3/b18-16+. The molecule has 4 nitrogen and oxygen atoms in total. The molecule has 108 valence electrons. The maximum absolute atomic E-state index is 12.1. The molecule has 0 aromatic heterocycles. The number of benzene rings is 2. The minimum Gasteiger partial charge on any atom is -0.506 e. The molecule has 1 heterocycles. The van der Waals surface area contributed by atoms with E-state index in [0.717, 1.165) is 5.56 Å². The highest BCUT2D eigenvalue weighted by Gasteiger charge is 2.25. The Bertz CT molecular complexity index is 831. The van der Waals surface area contributed by atoms with Crippen molar-refractivity contribution in [2.24, 2.45) is 0 Å². The fourth-order valence-electron chi connectivity index (χ4n) is 2.72. The van der Waals surface area contributed by atoms with Gasteiger partial charge in [0.05, 0.1) is 12.2 Å². The number of hydrogen-bond donors (Lipinski definition) is 1. The van der Waals surface area contributed by atoms with Crippen LogP contribution in [0.5, 0.6) is 0 Å². The molecule has 0 spiro atoms. The molecule has 2 aromatic rings. The van der Waals surface area contributed by atoms with Crippen molar-refractivity contribution in [3.63, 3.8) is 0 Å². The predicted molar refractivity (Wildman–Crippen MR) is 84.8 cm³/mol. The summed E-state index contributed by atoms with van der Waals surface area (Å²) in [5.74, 6) is -0.216. The summed E-state index contributed by atoms with van der Waals surface area (Å²) in [6.45, 7) is 1.86. The number of rotatable bonds is 0. The lowest BCUT2D eigenvalue weighted by atomic mass is 9.94. The number of fused-ring (bicyclic) bond motifs is 2. The zero-order valence-electron chi connectivity index (χ0n) is 12.1. The molecule has 4 heteroatoms. The van der Waals surface area contributed by atoms with Gasteiger partial charge in [-0.05, 0) is 17.7 Å². The zero-order chi connectivity index (χ0) is 15.7. The molecule has 0 fully saturated rings. The van der Waals surface area contributed by atoms with Gasteiger partial charge in [0.15, 0.2) is 0 Å². The third-order valence-electron chi connectivity index (χ3n) is 3.79. The van der Waals surface area contributed by atoms with E-state index in [0.29, 0.717) is 23.4 Å². The van der Waals surface area contributed by atoms with E-state index in [-0.39, 0.29) is 17.2 Å². The highest BCUT2D eigenvalue weighted by atomic mass is 16.3. The summed E-state index contributed by atoms with van der Waals surface area (Å²) in [5.41, 5.74) is 2.81. The maximum Gasteiger partial charge on any atom is 0.224 e. The fourth-order valence-corrected chi connectivity index (χ4v) is 2.72. The van der Waals surface area contributed by atoms with E-state index < -0.39 is 0 Å². The van der Waals surface area contributed by atoms with Gasteiger partial charge in [-0.2, -0.15) is 5.26 Å². The largest absolute Gasteiger partial charge is 0.506 e. The van der Waals surface area contributed by atoms with Gasteiger partial charge in [0.2, 0.25) is 5.91 Å². The van der Waals surface area contributed by atoms with Crippen LogP contribution in [-0.4, -0.2) is 11.0 Å². The van der Waals surface area contributed by atoms with Crippen molar-refractivity contribution in [3.8, 4) is 6.07 Å². The van der Waals surface area contributed by atoms with Crippen LogP contribution in [0.2, 0.25) is 0 Å². The first-order chi connectivity index (χ1) is 10.6. The number of anilines is 1. The summed E-state index contributed by atoms with van der Waals surface area (Å²) < 4.78 is 0. The molecule has 3 rings (SSSR count). The molecule has 0 bridgehead atoms. The van der Waals surface area contributed by atoms with Gasteiger partial charge in [0.1, 0.15) is 17.4 Å². The van der Waals surface area contributed by atoms with Crippen molar-refractivity contribution in [1.29, 1.82) is 5.26 Å². The summed E-state index contributed by atoms with van der Waals surface area (Å²) in [6, 6.07) is 16.5. The summed E-state index contributed by atoms with van der Waals surface area (Å²) in [5, 5.41) is 20.1. The number of carbonyl (C=O) groups is 1. The SMILES string of the molecule is CC(=O)N1Cc2ccccc2/C(C#N)=C(/O)c2ccccc21. The number of para-hydroxylation sites is 1. The number of allylic oxidation sites excluding steroid dienone is 1. The van der Waals surface area contributed by atoms with Crippen LogP contribution in [0.15, 0.2) is 48.5 Å². The lowest BCUT2D eigenvalue weighted by Crippen LogP contribution is -2.30. The molecule has 0 aliphatic carbocycles. The van der Waals surface area contributed by atoms with E-state index in [1.54, 1.807) is 29.2 Å². The van der Waals surface area contributed by atoms with E-state index in [1.807, 2.05) is 24.3 Å². The van der Waals surface area contributed by atoms with E-state index in [9.17, 15) is 15.2 Å². The molecule has 0 radical (unpaired) electrons. The van der Waals surface area contributed by atoms with Crippen LogP contribution in [0, 0.1) is 11.3 Å². The lowest BCUT2D eigenvalue weighted by Gasteiger charge is -2.27. The van der Waals surface area contributed by atoms with Crippen LogP contribution >= 0.6 is 0 Å². The average Bonchev–Trinajstić information content (AvgIpc) is 2.53. The number of nitriles is 1. The van der Waals surface area contributed by atoms with Crippen LogP contribution < -0.4 is 4.90 Å². The second-order valence-electron chi connectivity index (χ2n) is 5.11. The van der Waals surface area contributed by atoms with Gasteiger partial charge >= 0.3 is 0 Å². The number of amides is 1. The Hall–Kier alpha value is -3.06. The number of nitrogens with zero attached hydrogens (tertiary/aromatic N) is 2. The lowest BCUT2D eigenvalue weighted by molar-refractivity contribution is -0.116. The monoisotopic (exact) mass is 290 g/mol. The summed E-state index contributed by atoms with van der Waals surface area (Å²) in [6.07, 6.45) is 0. The number of hydrogen-bond acceptors (Lipinski definition) is 3. The Labute approximate surface area is 128 Å². The molecule has 0 saturated heterocycles. The molecular weight excluding hydrogens is 276 g/mol. The van der Waals surface area contributed by atoms with E-state index in [2.05, 4.69) is 6.07 Å². The quantitative estimate of drug-likeness (QED) is 0.807. The minimum absolute atomic E-state index is 0.100. The Morgan fingerprint density at radius 2 is 1.77 bits per heavy atom. The molecular formula is C18H14N2O2. The van der Waals surface area contributed by atoms with Crippen molar-refractivity contribution in [1.82, 2.24) is 0 Å². The van der Waals surface area contributed by atoms with Gasteiger partial charge in [0.25, 0.3) is 0 Å². The van der Waals surface area contributed by atoms with Gasteiger partial charge < -0.3 is 10.0 Å². The predicted octanol–water partition coefficient (Wildman–Crippen LogP) is 3.50. The van der Waals surface area contributed by atoms with Crippen LogP contribution in [0.4, 0.5) is 5.69 Å². The molecule has 0 saturated carbocycles. The Morgan fingerprint density at radius 3 is 2.45 bits per heavy atom. The Balaban J connectivity index is 2.38. The van der Waals surface area contributed by atoms with Crippen molar-refractivity contribution in [2.45, 2.75) is 13.5 Å². The van der Waals surface area contributed by atoms with Crippen molar-refractivity contribution < 1.29 is 9.90 Å². The first kappa shape index (κ1) is 13.9. The number of aliphatic hydroxyl groups excluding tert-OH is 1. The highest BCUT2D eigenvalue weighted by molar-refractivity contribution is 6.02. The first-order valence-corrected chi connectivity index (χ1v) is 6.92. The first-order valence-electron chi connectivity index (χ1n) is 6.92. The minimum atomic E-state index is -0.115. The van der Waals surface area contributed by atoms with E-state index >= 15 is 0 Å². The second-order valence-corrected chi connectivity index (χ2v) is 5.11. The normalized spacial score (nSPS) is 16.8. The topological polar surface area (TPSA) is 64.3 Å². The third kappa shape index (κ3) is 2.13. The molecule has 22 heavy (non-hydrogen) atoms. The van der Waals surface area contributed by atoms with Gasteiger partial charge in [-0.1, -0.05) is 36.4 Å². The van der Waals surface area contributed by atoms with Crippen molar-refractivity contribution in [2.75, 3.05) is 4.90 Å². The summed E-state index contributed by atoms with van der Waals surface area (Å²) in [4.78, 5) is 13.7. The smallest absolute Gasteiger partial charge is 0.224 e. The molecule has 1 aliphatic rings. The third-order valence-corrected chi connectivity index (χ3v) is 3.79. The van der Waals surface area contributed by atoms with Crippen molar-refractivity contribution in [3.05, 3.63) is 65.2 Å². The van der Waals surface area contributed by atoms with Crippen LogP contribution in [0.25, 0.3) is 11.3 Å². The Morgan fingerprint density at radius 1 is 1.14 bits per heavy atom. The van der Waals surface area contributed by atoms with E-state index in [4.69, 9.17) is 0 Å². The van der Waals surface area contributed by atoms with Gasteiger partial charge in [-0.3, -0.25) is 4.79 Å². The average molecular weight is 290 g/mol. The zero-order valence-corrected chi connectivity index (χ0v) is 12.1. The molecule has 1 amide bonds. The maximum atomic E-state index is 12.1. The number of aliphatic hydroxyl groups is 1. The summed E-state index contributed by atoms with van der Waals surface area (Å²) >= 11 is 0. The summed E-state index contributed by atoms with van der Waals surface area (Å²) in [7, 11) is 0. The molecule has 0 atom stereocenters. The molecule has 1 aliphatic heterocycles. The molecule has 2 aromatic carbocycles. The van der Waals surface area contributed by atoms with Crippen LogP contribution in [-0.2, 0) is 11.3 Å². The van der Waals surface area contributed by atoms with Crippen molar-refractivity contribution >= 4 is 22.9 Å². The van der Waals surface area contributed by atoms with Gasteiger partial charge in [0, 0.05) is 18.1 Å². The number of carbonyl (C=O) groups excluding carboxylic acids is 1. The fraction of sp³-hybridized carbons (Fsp3) is 0.111. The molecule has 0 unspecified atom stereocenters. The second kappa shape index (κ2) is 5.38. The Kier molecular flexibility index (Phi) is 3.40. The van der Waals surface area contributed by atoms with Gasteiger partial charge in [-0.25, -0.2) is 0 Å².